The SMILES string of the molecule is Cc1ncccc1Oc1ccc2nc(C)n(C(c3ccccc3)c3ccccc3)c(=O)c2c1. The molecule has 0 unspecified atom stereocenters. The van der Waals surface area contributed by atoms with Crippen molar-refractivity contribution in [1.82, 2.24) is 14.5 Å². The van der Waals surface area contributed by atoms with E-state index in [9.17, 15) is 4.79 Å². The van der Waals surface area contributed by atoms with Crippen molar-refractivity contribution in [2.45, 2.75) is 19.9 Å². The molecule has 0 saturated heterocycles. The lowest BCUT2D eigenvalue weighted by atomic mass is 9.98. The Kier molecular flexibility index (Phi) is 5.45. The first-order valence-corrected chi connectivity index (χ1v) is 10.8. The summed E-state index contributed by atoms with van der Waals surface area (Å²) in [6, 6.07) is 28.9. The quantitative estimate of drug-likeness (QED) is 0.349. The van der Waals surface area contributed by atoms with Crippen LogP contribution in [0.2, 0.25) is 0 Å². The highest BCUT2D eigenvalue weighted by molar-refractivity contribution is 5.79. The van der Waals surface area contributed by atoms with E-state index >= 15 is 0 Å². The summed E-state index contributed by atoms with van der Waals surface area (Å²) in [5, 5.41) is 0.511. The summed E-state index contributed by atoms with van der Waals surface area (Å²) in [6.07, 6.45) is 1.72. The second kappa shape index (κ2) is 8.71. The summed E-state index contributed by atoms with van der Waals surface area (Å²) >= 11 is 0. The molecule has 5 heteroatoms. The first-order valence-electron chi connectivity index (χ1n) is 10.8. The van der Waals surface area contributed by atoms with Gasteiger partial charge >= 0.3 is 0 Å². The van der Waals surface area contributed by atoms with E-state index in [1.807, 2.05) is 98.8 Å². The summed E-state index contributed by atoms with van der Waals surface area (Å²) in [5.41, 5.74) is 3.36. The van der Waals surface area contributed by atoms with Crippen molar-refractivity contribution in [3.63, 3.8) is 0 Å². The summed E-state index contributed by atoms with van der Waals surface area (Å²) < 4.78 is 7.80. The molecule has 33 heavy (non-hydrogen) atoms. The van der Waals surface area contributed by atoms with E-state index in [1.165, 1.54) is 0 Å². The minimum atomic E-state index is -0.290. The van der Waals surface area contributed by atoms with E-state index < -0.39 is 0 Å². The molecule has 0 spiro atoms. The molecule has 0 aliphatic rings. The van der Waals surface area contributed by atoms with E-state index in [1.54, 1.807) is 16.8 Å². The highest BCUT2D eigenvalue weighted by Crippen LogP contribution is 2.29. The van der Waals surface area contributed by atoms with Gasteiger partial charge in [-0.25, -0.2) is 4.98 Å². The van der Waals surface area contributed by atoms with Crippen LogP contribution in [0.5, 0.6) is 11.5 Å². The van der Waals surface area contributed by atoms with Crippen LogP contribution >= 0.6 is 0 Å². The zero-order valence-corrected chi connectivity index (χ0v) is 18.5. The van der Waals surface area contributed by atoms with Gasteiger partial charge in [-0.2, -0.15) is 0 Å². The smallest absolute Gasteiger partial charge is 0.262 e. The fourth-order valence-corrected chi connectivity index (χ4v) is 4.12. The lowest BCUT2D eigenvalue weighted by molar-refractivity contribution is 0.476. The van der Waals surface area contributed by atoms with Gasteiger partial charge in [0, 0.05) is 6.20 Å². The number of aromatic nitrogens is 3. The highest BCUT2D eigenvalue weighted by Gasteiger charge is 2.21. The van der Waals surface area contributed by atoms with Crippen molar-refractivity contribution < 1.29 is 4.74 Å². The van der Waals surface area contributed by atoms with Crippen LogP contribution in [-0.2, 0) is 0 Å². The molecular weight excluding hydrogens is 410 g/mol. The van der Waals surface area contributed by atoms with Gasteiger partial charge in [-0.1, -0.05) is 60.7 Å². The van der Waals surface area contributed by atoms with Gasteiger partial charge < -0.3 is 4.74 Å². The molecule has 3 aromatic carbocycles. The van der Waals surface area contributed by atoms with Crippen LogP contribution in [0.1, 0.15) is 28.7 Å². The van der Waals surface area contributed by atoms with Crippen molar-refractivity contribution in [3.8, 4) is 11.5 Å². The van der Waals surface area contributed by atoms with Crippen molar-refractivity contribution in [1.29, 1.82) is 0 Å². The van der Waals surface area contributed by atoms with Gasteiger partial charge in [0.2, 0.25) is 0 Å². The largest absolute Gasteiger partial charge is 0.455 e. The fraction of sp³-hybridized carbons (Fsp3) is 0.107. The number of pyridine rings is 1. The third kappa shape index (κ3) is 4.01. The van der Waals surface area contributed by atoms with Gasteiger partial charge in [0.05, 0.1) is 22.6 Å². The maximum Gasteiger partial charge on any atom is 0.262 e. The molecular formula is C28H23N3O2. The molecule has 0 atom stereocenters. The Morgan fingerprint density at radius 2 is 1.48 bits per heavy atom. The monoisotopic (exact) mass is 433 g/mol. The molecule has 162 valence electrons. The number of aryl methyl sites for hydroxylation is 2. The topological polar surface area (TPSA) is 57.0 Å². The van der Waals surface area contributed by atoms with Gasteiger partial charge in [0.25, 0.3) is 5.56 Å². The van der Waals surface area contributed by atoms with Crippen molar-refractivity contribution >= 4 is 10.9 Å². The van der Waals surface area contributed by atoms with Gasteiger partial charge in [-0.05, 0) is 55.3 Å². The number of rotatable bonds is 5. The van der Waals surface area contributed by atoms with E-state index in [0.717, 1.165) is 16.8 Å². The predicted molar refractivity (Wildman–Crippen MR) is 130 cm³/mol. The molecule has 2 heterocycles. The van der Waals surface area contributed by atoms with E-state index in [2.05, 4.69) is 4.98 Å². The molecule has 0 amide bonds. The average molecular weight is 434 g/mol. The number of benzene rings is 3. The molecule has 5 aromatic rings. The highest BCUT2D eigenvalue weighted by atomic mass is 16.5. The maximum atomic E-state index is 13.9. The first kappa shape index (κ1) is 20.6. The summed E-state index contributed by atoms with van der Waals surface area (Å²) in [7, 11) is 0. The Morgan fingerprint density at radius 1 is 0.818 bits per heavy atom. The van der Waals surface area contributed by atoms with Gasteiger partial charge in [-0.3, -0.25) is 14.3 Å². The van der Waals surface area contributed by atoms with Gasteiger partial charge in [0.15, 0.2) is 0 Å². The number of fused-ring (bicyclic) bond motifs is 1. The molecule has 5 nitrogen and oxygen atoms in total. The molecule has 0 radical (unpaired) electrons. The Morgan fingerprint density at radius 3 is 2.12 bits per heavy atom. The molecule has 5 rings (SSSR count). The summed E-state index contributed by atoms with van der Waals surface area (Å²) in [6.45, 7) is 3.77. The van der Waals surface area contributed by atoms with Crippen molar-refractivity contribution in [2.75, 3.05) is 0 Å². The number of hydrogen-bond acceptors (Lipinski definition) is 4. The third-order valence-corrected chi connectivity index (χ3v) is 5.72. The van der Waals surface area contributed by atoms with Crippen molar-refractivity contribution in [3.05, 3.63) is 130 Å². The zero-order valence-electron chi connectivity index (χ0n) is 18.5. The molecule has 0 saturated carbocycles. The molecule has 0 bridgehead atoms. The number of nitrogens with zero attached hydrogens (tertiary/aromatic N) is 3. The first-order chi connectivity index (χ1) is 16.1. The van der Waals surface area contributed by atoms with Crippen LogP contribution in [0.3, 0.4) is 0 Å². The predicted octanol–water partition coefficient (Wildman–Crippen LogP) is 5.84. The Hall–Kier alpha value is -4.25. The maximum absolute atomic E-state index is 13.9. The Balaban J connectivity index is 1.68. The normalized spacial score (nSPS) is 11.1. The van der Waals surface area contributed by atoms with Gasteiger partial charge in [-0.15, -0.1) is 0 Å². The minimum Gasteiger partial charge on any atom is -0.455 e. The van der Waals surface area contributed by atoms with Crippen LogP contribution in [0, 0.1) is 13.8 Å². The van der Waals surface area contributed by atoms with E-state index in [4.69, 9.17) is 9.72 Å². The van der Waals surface area contributed by atoms with Crippen LogP contribution in [0.4, 0.5) is 0 Å². The average Bonchev–Trinajstić information content (AvgIpc) is 2.85. The van der Waals surface area contributed by atoms with Crippen LogP contribution in [0.25, 0.3) is 10.9 Å². The second-order valence-electron chi connectivity index (χ2n) is 7.93. The fourth-order valence-electron chi connectivity index (χ4n) is 4.12. The Labute approximate surface area is 192 Å². The minimum absolute atomic E-state index is 0.108. The molecule has 0 N–H and O–H groups in total. The van der Waals surface area contributed by atoms with Crippen LogP contribution < -0.4 is 10.3 Å². The zero-order chi connectivity index (χ0) is 22.8. The standard InChI is InChI=1S/C28H23N3O2/c1-19-26(14-9-17-29-19)33-23-15-16-25-24(18-23)28(32)31(20(2)30-25)27(21-10-5-3-6-11-21)22-12-7-4-8-13-22/h3-18,27H,1-2H3. The van der Waals surface area contributed by atoms with Crippen LogP contribution in [-0.4, -0.2) is 14.5 Å². The van der Waals surface area contributed by atoms with E-state index in [-0.39, 0.29) is 11.6 Å². The molecule has 0 aliphatic heterocycles. The molecule has 2 aromatic heterocycles. The Bertz CT molecular complexity index is 1440. The third-order valence-electron chi connectivity index (χ3n) is 5.72. The van der Waals surface area contributed by atoms with E-state index in [0.29, 0.717) is 28.2 Å². The van der Waals surface area contributed by atoms with Crippen LogP contribution in [0.15, 0.2) is 102 Å². The number of ether oxygens (including phenoxy) is 1. The second-order valence-corrected chi connectivity index (χ2v) is 7.93. The number of hydrogen-bond donors (Lipinski definition) is 0. The molecule has 0 aliphatic carbocycles. The summed E-state index contributed by atoms with van der Waals surface area (Å²) in [4.78, 5) is 22.9. The lowest BCUT2D eigenvalue weighted by Gasteiger charge is -2.23. The van der Waals surface area contributed by atoms with Gasteiger partial charge in [0.1, 0.15) is 17.3 Å². The molecule has 0 fully saturated rings. The van der Waals surface area contributed by atoms with Crippen molar-refractivity contribution in [2.24, 2.45) is 0 Å². The lowest BCUT2D eigenvalue weighted by Crippen LogP contribution is -2.29. The summed E-state index contributed by atoms with van der Waals surface area (Å²) in [5.74, 6) is 1.88.